The molecule has 32 heavy (non-hydrogen) atoms. The second-order valence-corrected chi connectivity index (χ2v) is 7.27. The number of benzene rings is 3. The third-order valence-corrected chi connectivity index (χ3v) is 5.13. The zero-order valence-corrected chi connectivity index (χ0v) is 17.3. The number of rotatable bonds is 6. The Kier molecular flexibility index (Phi) is 5.91. The second kappa shape index (κ2) is 8.95. The number of nitro benzene ring substituents is 1. The van der Waals surface area contributed by atoms with Crippen LogP contribution in [0.2, 0.25) is 5.02 Å². The van der Waals surface area contributed by atoms with Crippen LogP contribution in [0.5, 0.6) is 0 Å². The van der Waals surface area contributed by atoms with Crippen LogP contribution < -0.4 is 0 Å². The molecule has 0 amide bonds. The monoisotopic (exact) mass is 446 g/mol. The summed E-state index contributed by atoms with van der Waals surface area (Å²) in [7, 11) is 0. The van der Waals surface area contributed by atoms with Gasteiger partial charge in [0.05, 0.1) is 21.7 Å². The Balaban J connectivity index is 1.63. The Hall–Kier alpha value is -4.10. The van der Waals surface area contributed by atoms with Crippen molar-refractivity contribution < 1.29 is 19.2 Å². The van der Waals surface area contributed by atoms with E-state index in [2.05, 4.69) is 4.98 Å². The number of non-ortho nitro benzene ring substituents is 1. The van der Waals surface area contributed by atoms with Crippen molar-refractivity contribution in [2.75, 3.05) is 6.61 Å². The molecule has 1 aromatic heterocycles. The van der Waals surface area contributed by atoms with Crippen molar-refractivity contribution in [3.05, 3.63) is 105 Å². The Bertz CT molecular complexity index is 1370. The van der Waals surface area contributed by atoms with Crippen molar-refractivity contribution in [2.45, 2.75) is 0 Å². The first kappa shape index (κ1) is 21.1. The lowest BCUT2D eigenvalue weighted by atomic mass is 10.0. The molecule has 0 aliphatic heterocycles. The molecule has 8 heteroatoms. The maximum atomic E-state index is 12.9. The van der Waals surface area contributed by atoms with Gasteiger partial charge in [-0.3, -0.25) is 14.9 Å². The van der Waals surface area contributed by atoms with Crippen LogP contribution in [0.1, 0.15) is 20.7 Å². The molecular weight excluding hydrogens is 432 g/mol. The number of nitrogens with zero attached hydrogens (tertiary/aromatic N) is 2. The number of carbonyl (C=O) groups excluding carboxylic acids is 2. The molecule has 4 rings (SSSR count). The normalized spacial score (nSPS) is 10.7. The van der Waals surface area contributed by atoms with Crippen molar-refractivity contribution in [1.82, 2.24) is 4.98 Å². The number of hydrogen-bond donors (Lipinski definition) is 0. The van der Waals surface area contributed by atoms with E-state index in [4.69, 9.17) is 16.3 Å². The maximum absolute atomic E-state index is 12.9. The van der Waals surface area contributed by atoms with Crippen molar-refractivity contribution in [2.24, 2.45) is 0 Å². The summed E-state index contributed by atoms with van der Waals surface area (Å²) < 4.78 is 5.25. The van der Waals surface area contributed by atoms with Crippen LogP contribution in [-0.4, -0.2) is 28.3 Å². The average molecular weight is 447 g/mol. The number of halogens is 1. The summed E-state index contributed by atoms with van der Waals surface area (Å²) in [6, 6.07) is 21.0. The molecule has 0 atom stereocenters. The van der Waals surface area contributed by atoms with Crippen molar-refractivity contribution in [3.63, 3.8) is 0 Å². The van der Waals surface area contributed by atoms with Gasteiger partial charge in [0, 0.05) is 33.7 Å². The van der Waals surface area contributed by atoms with Gasteiger partial charge in [0.1, 0.15) is 0 Å². The number of nitro groups is 1. The highest BCUT2D eigenvalue weighted by Crippen LogP contribution is 2.30. The minimum Gasteiger partial charge on any atom is -0.454 e. The maximum Gasteiger partial charge on any atom is 0.339 e. The van der Waals surface area contributed by atoms with E-state index in [1.807, 2.05) is 6.07 Å². The molecule has 0 saturated carbocycles. The van der Waals surface area contributed by atoms with Gasteiger partial charge in [-0.25, -0.2) is 9.78 Å². The molecule has 0 bridgehead atoms. The lowest BCUT2D eigenvalue weighted by Crippen LogP contribution is -2.15. The van der Waals surface area contributed by atoms with Crippen LogP contribution in [0.4, 0.5) is 5.69 Å². The number of aromatic nitrogens is 1. The largest absolute Gasteiger partial charge is 0.454 e. The highest BCUT2D eigenvalue weighted by Gasteiger charge is 2.18. The van der Waals surface area contributed by atoms with E-state index in [1.54, 1.807) is 48.5 Å². The van der Waals surface area contributed by atoms with E-state index in [0.717, 1.165) is 6.07 Å². The van der Waals surface area contributed by atoms with Crippen LogP contribution in [0.15, 0.2) is 78.9 Å². The molecule has 0 spiro atoms. The number of pyridine rings is 1. The summed E-state index contributed by atoms with van der Waals surface area (Å²) in [5.41, 5.74) is 1.82. The zero-order valence-electron chi connectivity index (χ0n) is 16.5. The SMILES string of the molecule is O=C(COC(=O)c1cc(-c2ccccc2Cl)nc2ccccc12)c1cccc([N+](=O)[O-])c1. The summed E-state index contributed by atoms with van der Waals surface area (Å²) >= 11 is 6.30. The Morgan fingerprint density at radius 2 is 1.72 bits per heavy atom. The van der Waals surface area contributed by atoms with Gasteiger partial charge in [-0.1, -0.05) is 60.1 Å². The number of Topliss-reactive ketones (excluding diaryl/α,β-unsaturated/α-hetero) is 1. The second-order valence-electron chi connectivity index (χ2n) is 6.86. The average Bonchev–Trinajstić information content (AvgIpc) is 2.82. The van der Waals surface area contributed by atoms with Gasteiger partial charge in [-0.15, -0.1) is 0 Å². The highest BCUT2D eigenvalue weighted by molar-refractivity contribution is 6.33. The number of ether oxygens (including phenoxy) is 1. The summed E-state index contributed by atoms with van der Waals surface area (Å²) in [6.07, 6.45) is 0. The number of carbonyl (C=O) groups is 2. The number of hydrogen-bond acceptors (Lipinski definition) is 6. The summed E-state index contributed by atoms with van der Waals surface area (Å²) in [5.74, 6) is -1.26. The fourth-order valence-corrected chi connectivity index (χ4v) is 3.47. The van der Waals surface area contributed by atoms with Crippen LogP contribution in [0.3, 0.4) is 0 Å². The zero-order chi connectivity index (χ0) is 22.7. The summed E-state index contributed by atoms with van der Waals surface area (Å²) in [5, 5.41) is 12.0. The van der Waals surface area contributed by atoms with Gasteiger partial charge in [-0.2, -0.15) is 0 Å². The van der Waals surface area contributed by atoms with Crippen LogP contribution >= 0.6 is 11.6 Å². The van der Waals surface area contributed by atoms with Gasteiger partial charge in [0.25, 0.3) is 5.69 Å². The van der Waals surface area contributed by atoms with Crippen molar-refractivity contribution in [3.8, 4) is 11.3 Å². The fourth-order valence-electron chi connectivity index (χ4n) is 3.24. The molecule has 3 aromatic carbocycles. The number of esters is 1. The summed E-state index contributed by atoms with van der Waals surface area (Å²) in [4.78, 5) is 40.2. The van der Waals surface area contributed by atoms with Crippen molar-refractivity contribution in [1.29, 1.82) is 0 Å². The van der Waals surface area contributed by atoms with E-state index in [0.29, 0.717) is 27.2 Å². The van der Waals surface area contributed by atoms with Gasteiger partial charge in [0.15, 0.2) is 6.61 Å². The van der Waals surface area contributed by atoms with Gasteiger partial charge in [0.2, 0.25) is 5.78 Å². The number of ketones is 1. The van der Waals surface area contributed by atoms with E-state index in [9.17, 15) is 19.7 Å². The van der Waals surface area contributed by atoms with Crippen LogP contribution in [-0.2, 0) is 4.74 Å². The van der Waals surface area contributed by atoms with Crippen LogP contribution in [0, 0.1) is 10.1 Å². The molecule has 1 heterocycles. The number of fused-ring (bicyclic) bond motifs is 1. The lowest BCUT2D eigenvalue weighted by molar-refractivity contribution is -0.384. The van der Waals surface area contributed by atoms with Gasteiger partial charge < -0.3 is 4.74 Å². The first-order valence-corrected chi connectivity index (χ1v) is 9.91. The molecule has 4 aromatic rings. The minimum atomic E-state index is -0.712. The minimum absolute atomic E-state index is 0.0864. The van der Waals surface area contributed by atoms with E-state index in [-0.39, 0.29) is 16.8 Å². The lowest BCUT2D eigenvalue weighted by Gasteiger charge is -2.11. The van der Waals surface area contributed by atoms with Gasteiger partial charge in [-0.05, 0) is 18.2 Å². The first-order valence-electron chi connectivity index (χ1n) is 9.53. The van der Waals surface area contributed by atoms with E-state index >= 15 is 0 Å². The molecule has 0 N–H and O–H groups in total. The van der Waals surface area contributed by atoms with Crippen molar-refractivity contribution >= 4 is 39.9 Å². The van der Waals surface area contributed by atoms with Gasteiger partial charge >= 0.3 is 5.97 Å². The third kappa shape index (κ3) is 4.33. The fraction of sp³-hybridized carbons (Fsp3) is 0.0417. The predicted octanol–water partition coefficient (Wildman–Crippen LogP) is 5.50. The molecule has 0 aliphatic rings. The molecule has 0 saturated heterocycles. The van der Waals surface area contributed by atoms with E-state index in [1.165, 1.54) is 18.2 Å². The smallest absolute Gasteiger partial charge is 0.339 e. The molecule has 0 fully saturated rings. The Labute approximate surface area is 187 Å². The first-order chi connectivity index (χ1) is 15.4. The molecule has 0 radical (unpaired) electrons. The standard InChI is InChI=1S/C24H15ClN2O5/c25-20-10-3-1-9-18(20)22-13-19(17-8-2-4-11-21(17)26-22)24(29)32-14-23(28)15-6-5-7-16(12-15)27(30)31/h1-13H,14H2. The van der Waals surface area contributed by atoms with Crippen LogP contribution in [0.25, 0.3) is 22.2 Å². The third-order valence-electron chi connectivity index (χ3n) is 4.80. The summed E-state index contributed by atoms with van der Waals surface area (Å²) in [6.45, 7) is -0.557. The predicted molar refractivity (Wildman–Crippen MR) is 120 cm³/mol. The quantitative estimate of drug-likeness (QED) is 0.168. The Morgan fingerprint density at radius 1 is 0.969 bits per heavy atom. The molecule has 7 nitrogen and oxygen atoms in total. The molecule has 158 valence electrons. The molecular formula is C24H15ClN2O5. The number of para-hydroxylation sites is 1. The molecule has 0 unspecified atom stereocenters. The topological polar surface area (TPSA) is 99.4 Å². The molecule has 0 aliphatic carbocycles. The Morgan fingerprint density at radius 3 is 2.50 bits per heavy atom. The van der Waals surface area contributed by atoms with E-state index < -0.39 is 23.3 Å². The highest BCUT2D eigenvalue weighted by atomic mass is 35.5.